The molecule has 0 saturated heterocycles. The maximum Gasteiger partial charge on any atom is 0.152 e. The molecule has 0 radical (unpaired) electrons. The molecule has 1 aromatic heterocycles. The van der Waals surface area contributed by atoms with Crippen LogP contribution in [0, 0.1) is 0 Å². The number of hydrogen-bond acceptors (Lipinski definition) is 1. The number of rotatable bonds is 6. The second-order valence-corrected chi connectivity index (χ2v) is 5.75. The number of benzene rings is 2. The van der Waals surface area contributed by atoms with E-state index in [4.69, 9.17) is 0 Å². The van der Waals surface area contributed by atoms with Crippen LogP contribution in [0.25, 0.3) is 10.9 Å². The number of aromatic nitrogens is 1. The van der Waals surface area contributed by atoms with Gasteiger partial charge in [0.15, 0.2) is 6.29 Å². The standard InChI is InChI=1S/C20H21NO/c1-21-19-13-8-6-12-17(19)18(15-22)20(21)14-7-5-11-16-9-3-2-4-10-16/h2-4,6,8-10,12-13,15H,5,7,11,14H2,1H3. The Bertz CT molecular complexity index is 771. The molecule has 0 aliphatic rings. The van der Waals surface area contributed by atoms with Crippen molar-refractivity contribution in [1.82, 2.24) is 4.57 Å². The van der Waals surface area contributed by atoms with Gasteiger partial charge >= 0.3 is 0 Å². The Labute approximate surface area is 131 Å². The summed E-state index contributed by atoms with van der Waals surface area (Å²) in [5.74, 6) is 0. The minimum Gasteiger partial charge on any atom is -0.347 e. The summed E-state index contributed by atoms with van der Waals surface area (Å²) in [5.41, 5.74) is 4.54. The maximum atomic E-state index is 11.5. The number of carbonyl (C=O) groups excluding carboxylic acids is 1. The Morgan fingerprint density at radius 2 is 1.59 bits per heavy atom. The number of fused-ring (bicyclic) bond motifs is 1. The van der Waals surface area contributed by atoms with E-state index in [2.05, 4.69) is 48.0 Å². The Kier molecular flexibility index (Phi) is 4.38. The smallest absolute Gasteiger partial charge is 0.152 e. The van der Waals surface area contributed by atoms with Gasteiger partial charge in [-0.1, -0.05) is 48.5 Å². The lowest BCUT2D eigenvalue weighted by Crippen LogP contribution is -2.00. The van der Waals surface area contributed by atoms with Crippen LogP contribution in [0.1, 0.15) is 34.5 Å². The van der Waals surface area contributed by atoms with Crippen LogP contribution in [0.5, 0.6) is 0 Å². The minimum atomic E-state index is 0.859. The van der Waals surface area contributed by atoms with Crippen LogP contribution in [0.4, 0.5) is 0 Å². The number of unbranched alkanes of at least 4 members (excludes halogenated alkanes) is 1. The third kappa shape index (κ3) is 2.82. The lowest BCUT2D eigenvalue weighted by atomic mass is 10.0. The highest BCUT2D eigenvalue weighted by Gasteiger charge is 2.13. The third-order valence-corrected chi connectivity index (χ3v) is 4.36. The zero-order chi connectivity index (χ0) is 15.4. The lowest BCUT2D eigenvalue weighted by Gasteiger charge is -2.06. The van der Waals surface area contributed by atoms with Crippen LogP contribution in [0.3, 0.4) is 0 Å². The number of aldehydes is 1. The fourth-order valence-electron chi connectivity index (χ4n) is 3.18. The molecule has 2 aromatic carbocycles. The molecule has 2 nitrogen and oxygen atoms in total. The fraction of sp³-hybridized carbons (Fsp3) is 0.250. The average molecular weight is 291 g/mol. The zero-order valence-electron chi connectivity index (χ0n) is 13.0. The quantitative estimate of drug-likeness (QED) is 0.482. The van der Waals surface area contributed by atoms with Gasteiger partial charge in [0, 0.05) is 29.2 Å². The minimum absolute atomic E-state index is 0.859. The summed E-state index contributed by atoms with van der Waals surface area (Å²) in [6, 6.07) is 18.7. The predicted molar refractivity (Wildman–Crippen MR) is 91.4 cm³/mol. The van der Waals surface area contributed by atoms with Crippen molar-refractivity contribution in [1.29, 1.82) is 0 Å². The number of aryl methyl sites for hydroxylation is 2. The molecule has 0 atom stereocenters. The molecule has 0 N–H and O–H groups in total. The molecule has 0 aliphatic heterocycles. The molecule has 0 fully saturated rings. The van der Waals surface area contributed by atoms with Crippen molar-refractivity contribution in [3.05, 3.63) is 71.4 Å². The Morgan fingerprint density at radius 3 is 2.36 bits per heavy atom. The first-order chi connectivity index (χ1) is 10.8. The third-order valence-electron chi connectivity index (χ3n) is 4.36. The van der Waals surface area contributed by atoms with Crippen molar-refractivity contribution >= 4 is 17.2 Å². The SMILES string of the molecule is Cn1c(CCCCc2ccccc2)c(C=O)c2ccccc21. The van der Waals surface area contributed by atoms with Crippen LogP contribution in [0.2, 0.25) is 0 Å². The van der Waals surface area contributed by atoms with Gasteiger partial charge in [-0.2, -0.15) is 0 Å². The summed E-state index contributed by atoms with van der Waals surface area (Å²) in [7, 11) is 2.06. The van der Waals surface area contributed by atoms with Crippen molar-refractivity contribution in [3.63, 3.8) is 0 Å². The molecule has 3 aromatic rings. The first kappa shape index (κ1) is 14.6. The molecule has 22 heavy (non-hydrogen) atoms. The van der Waals surface area contributed by atoms with Crippen LogP contribution in [-0.4, -0.2) is 10.9 Å². The Balaban J connectivity index is 1.71. The van der Waals surface area contributed by atoms with E-state index in [1.165, 1.54) is 5.56 Å². The molecule has 3 rings (SSSR count). The second kappa shape index (κ2) is 6.61. The number of para-hydroxylation sites is 1. The number of carbonyl (C=O) groups is 1. The molecule has 2 heteroatoms. The molecule has 0 bridgehead atoms. The van der Waals surface area contributed by atoms with E-state index in [0.717, 1.165) is 54.1 Å². The molecule has 0 aliphatic carbocycles. The monoisotopic (exact) mass is 291 g/mol. The normalized spacial score (nSPS) is 11.0. The van der Waals surface area contributed by atoms with Crippen molar-refractivity contribution in [3.8, 4) is 0 Å². The molecule has 1 heterocycles. The van der Waals surface area contributed by atoms with Gasteiger partial charge in [-0.25, -0.2) is 0 Å². The zero-order valence-corrected chi connectivity index (χ0v) is 13.0. The number of hydrogen-bond donors (Lipinski definition) is 0. The van der Waals surface area contributed by atoms with E-state index in [-0.39, 0.29) is 0 Å². The van der Waals surface area contributed by atoms with Gasteiger partial charge in [0.1, 0.15) is 0 Å². The molecule has 0 saturated carbocycles. The topological polar surface area (TPSA) is 22.0 Å². The largest absolute Gasteiger partial charge is 0.347 e. The second-order valence-electron chi connectivity index (χ2n) is 5.75. The first-order valence-electron chi connectivity index (χ1n) is 7.86. The van der Waals surface area contributed by atoms with Gasteiger partial charge in [0.2, 0.25) is 0 Å². The Hall–Kier alpha value is -2.35. The van der Waals surface area contributed by atoms with Crippen LogP contribution < -0.4 is 0 Å². The summed E-state index contributed by atoms with van der Waals surface area (Å²) in [5, 5.41) is 1.07. The summed E-state index contributed by atoms with van der Waals surface area (Å²) >= 11 is 0. The van der Waals surface area contributed by atoms with Crippen molar-refractivity contribution in [2.45, 2.75) is 25.7 Å². The van der Waals surface area contributed by atoms with Crippen molar-refractivity contribution in [2.24, 2.45) is 7.05 Å². The van der Waals surface area contributed by atoms with E-state index in [1.54, 1.807) is 0 Å². The molecule has 112 valence electrons. The average Bonchev–Trinajstić information content (AvgIpc) is 2.85. The lowest BCUT2D eigenvalue weighted by molar-refractivity contribution is 0.112. The van der Waals surface area contributed by atoms with Crippen LogP contribution >= 0.6 is 0 Å². The van der Waals surface area contributed by atoms with Gasteiger partial charge < -0.3 is 4.57 Å². The summed E-state index contributed by atoms with van der Waals surface area (Å²) in [4.78, 5) is 11.5. The van der Waals surface area contributed by atoms with E-state index in [1.807, 2.05) is 18.2 Å². The van der Waals surface area contributed by atoms with Crippen LogP contribution in [0.15, 0.2) is 54.6 Å². The van der Waals surface area contributed by atoms with E-state index in [9.17, 15) is 4.79 Å². The van der Waals surface area contributed by atoms with Gasteiger partial charge in [0.25, 0.3) is 0 Å². The van der Waals surface area contributed by atoms with Crippen molar-refractivity contribution in [2.75, 3.05) is 0 Å². The molecule has 0 spiro atoms. The molecular formula is C20H21NO. The molecule has 0 unspecified atom stereocenters. The highest BCUT2D eigenvalue weighted by Crippen LogP contribution is 2.25. The fourth-order valence-corrected chi connectivity index (χ4v) is 3.18. The van der Waals surface area contributed by atoms with Crippen molar-refractivity contribution < 1.29 is 4.79 Å². The van der Waals surface area contributed by atoms with E-state index >= 15 is 0 Å². The predicted octanol–water partition coefficient (Wildman–Crippen LogP) is 4.56. The Morgan fingerprint density at radius 1 is 0.909 bits per heavy atom. The number of nitrogens with zero attached hydrogens (tertiary/aromatic N) is 1. The molecule has 0 amide bonds. The van der Waals surface area contributed by atoms with E-state index in [0.29, 0.717) is 0 Å². The van der Waals surface area contributed by atoms with E-state index < -0.39 is 0 Å². The van der Waals surface area contributed by atoms with Crippen LogP contribution in [-0.2, 0) is 19.9 Å². The highest BCUT2D eigenvalue weighted by molar-refractivity contribution is 5.99. The van der Waals surface area contributed by atoms with Gasteiger partial charge in [0.05, 0.1) is 0 Å². The summed E-state index contributed by atoms with van der Waals surface area (Å²) in [6.45, 7) is 0. The summed E-state index contributed by atoms with van der Waals surface area (Å²) in [6.07, 6.45) is 5.30. The van der Waals surface area contributed by atoms with Gasteiger partial charge in [-0.3, -0.25) is 4.79 Å². The maximum absolute atomic E-state index is 11.5. The summed E-state index contributed by atoms with van der Waals surface area (Å²) < 4.78 is 2.17. The molecular weight excluding hydrogens is 270 g/mol. The van der Waals surface area contributed by atoms with Gasteiger partial charge in [-0.15, -0.1) is 0 Å². The van der Waals surface area contributed by atoms with Gasteiger partial charge in [-0.05, 0) is 37.3 Å². The first-order valence-corrected chi connectivity index (χ1v) is 7.86. The highest BCUT2D eigenvalue weighted by atomic mass is 16.1.